The molecule has 11 nitrogen and oxygen atoms in total. The van der Waals surface area contributed by atoms with Crippen LogP contribution < -0.4 is 15.1 Å². The predicted octanol–water partition coefficient (Wildman–Crippen LogP) is 3.20. The molecule has 0 aliphatic carbocycles. The standard InChI is InChI=1S/C29H32N4O7S2/c34-28(30-36)12-6-11-27(33-29(35)25-9-4-5-10-26(25)42(33,39)40)31-41(37,38)24-15-13-23(14-16-24)32-19-17-22(18-20-32)21-7-2-1-3-8-21/h1-5,7-10,13-16,22,27,31,36H,6,11-12,17-20H2,(H,30,34). The average molecular weight is 613 g/mol. The Kier molecular flexibility index (Phi) is 8.64. The highest BCUT2D eigenvalue weighted by molar-refractivity contribution is 7.91. The van der Waals surface area contributed by atoms with Gasteiger partial charge >= 0.3 is 0 Å². The molecule has 2 heterocycles. The molecule has 0 bridgehead atoms. The van der Waals surface area contributed by atoms with E-state index in [0.717, 1.165) is 31.6 Å². The molecule has 2 aliphatic heterocycles. The minimum atomic E-state index is -4.35. The zero-order chi connectivity index (χ0) is 29.9. The van der Waals surface area contributed by atoms with Crippen molar-refractivity contribution in [3.8, 4) is 0 Å². The monoisotopic (exact) mass is 612 g/mol. The molecule has 0 spiro atoms. The molecule has 2 aliphatic rings. The quantitative estimate of drug-likeness (QED) is 0.233. The SMILES string of the molecule is O=C(CCCC(NS(=O)(=O)c1ccc(N2CCC(c3ccccc3)CC2)cc1)N1C(=O)c2ccccc2S1(=O)=O)NO. The van der Waals surface area contributed by atoms with E-state index in [2.05, 4.69) is 21.8 Å². The van der Waals surface area contributed by atoms with Crippen molar-refractivity contribution in [2.75, 3.05) is 18.0 Å². The van der Waals surface area contributed by atoms with Crippen LogP contribution in [0, 0.1) is 0 Å². The maximum absolute atomic E-state index is 13.5. The number of hydrogen-bond donors (Lipinski definition) is 3. The number of rotatable bonds is 10. The van der Waals surface area contributed by atoms with Crippen LogP contribution in [0.5, 0.6) is 0 Å². The zero-order valence-corrected chi connectivity index (χ0v) is 24.4. The van der Waals surface area contributed by atoms with Crippen LogP contribution in [0.4, 0.5) is 5.69 Å². The van der Waals surface area contributed by atoms with Crippen LogP contribution in [0.25, 0.3) is 0 Å². The number of anilines is 1. The van der Waals surface area contributed by atoms with Gasteiger partial charge in [-0.15, -0.1) is 0 Å². The molecule has 1 atom stereocenters. The molecule has 0 aromatic heterocycles. The van der Waals surface area contributed by atoms with Crippen molar-refractivity contribution in [2.45, 2.75) is 54.0 Å². The van der Waals surface area contributed by atoms with E-state index < -0.39 is 38.0 Å². The van der Waals surface area contributed by atoms with Crippen LogP contribution in [-0.4, -0.2) is 57.4 Å². The van der Waals surface area contributed by atoms with Gasteiger partial charge in [0.2, 0.25) is 15.9 Å². The topological polar surface area (TPSA) is 153 Å². The second kappa shape index (κ2) is 12.2. The molecular weight excluding hydrogens is 580 g/mol. The number of hydroxylamine groups is 1. The van der Waals surface area contributed by atoms with Gasteiger partial charge in [0.1, 0.15) is 11.1 Å². The van der Waals surface area contributed by atoms with Gasteiger partial charge in [-0.1, -0.05) is 42.5 Å². The summed E-state index contributed by atoms with van der Waals surface area (Å²) in [6.07, 6.45) is 0.0418. The van der Waals surface area contributed by atoms with Crippen molar-refractivity contribution in [3.63, 3.8) is 0 Å². The number of nitrogens with zero attached hydrogens (tertiary/aromatic N) is 2. The summed E-state index contributed by atoms with van der Waals surface area (Å²) in [5.41, 5.74) is 3.62. The van der Waals surface area contributed by atoms with Crippen molar-refractivity contribution < 1.29 is 31.6 Å². The van der Waals surface area contributed by atoms with Crippen LogP contribution >= 0.6 is 0 Å². The highest BCUT2D eigenvalue weighted by Gasteiger charge is 2.46. The van der Waals surface area contributed by atoms with Gasteiger partial charge in [0.05, 0.1) is 10.5 Å². The van der Waals surface area contributed by atoms with Gasteiger partial charge in [-0.2, -0.15) is 4.72 Å². The number of nitrogens with one attached hydrogen (secondary N) is 2. The number of sulfonamides is 2. The Morgan fingerprint density at radius 3 is 2.24 bits per heavy atom. The van der Waals surface area contributed by atoms with Crippen molar-refractivity contribution >= 4 is 37.5 Å². The molecule has 1 fully saturated rings. The third kappa shape index (κ3) is 6.04. The van der Waals surface area contributed by atoms with E-state index in [9.17, 15) is 26.4 Å². The van der Waals surface area contributed by atoms with E-state index in [-0.39, 0.29) is 34.6 Å². The van der Waals surface area contributed by atoms with Crippen LogP contribution in [0.2, 0.25) is 0 Å². The Bertz CT molecular complexity index is 1660. The third-order valence-electron chi connectivity index (χ3n) is 7.71. The Balaban J connectivity index is 1.32. The fourth-order valence-electron chi connectivity index (χ4n) is 5.53. The van der Waals surface area contributed by atoms with Gasteiger partial charge in [0, 0.05) is 25.2 Å². The Hall–Kier alpha value is -3.78. The largest absolute Gasteiger partial charge is 0.371 e. The molecule has 1 saturated heterocycles. The molecule has 2 amide bonds. The van der Waals surface area contributed by atoms with Gasteiger partial charge < -0.3 is 4.90 Å². The first-order chi connectivity index (χ1) is 20.1. The fraction of sp³-hybridized carbons (Fsp3) is 0.310. The van der Waals surface area contributed by atoms with Crippen LogP contribution in [0.1, 0.15) is 53.9 Å². The lowest BCUT2D eigenvalue weighted by Crippen LogP contribution is -2.50. The summed E-state index contributed by atoms with van der Waals surface area (Å²) in [5, 5.41) is 8.80. The highest BCUT2D eigenvalue weighted by Crippen LogP contribution is 2.34. The maximum Gasteiger partial charge on any atom is 0.270 e. The third-order valence-corrected chi connectivity index (χ3v) is 11.0. The lowest BCUT2D eigenvalue weighted by atomic mass is 9.89. The molecule has 222 valence electrons. The Labute approximate surface area is 245 Å². The van der Waals surface area contributed by atoms with Gasteiger partial charge in [-0.05, 0) is 73.6 Å². The van der Waals surface area contributed by atoms with Gasteiger partial charge in [-0.3, -0.25) is 14.8 Å². The second-order valence-corrected chi connectivity index (χ2v) is 13.8. The van der Waals surface area contributed by atoms with Crippen LogP contribution in [0.3, 0.4) is 0 Å². The van der Waals surface area contributed by atoms with E-state index in [1.165, 1.54) is 47.4 Å². The summed E-state index contributed by atoms with van der Waals surface area (Å²) in [4.78, 5) is 26.6. The summed E-state index contributed by atoms with van der Waals surface area (Å²) in [6.45, 7) is 1.64. The molecule has 3 aromatic carbocycles. The normalized spacial score (nSPS) is 17.6. The zero-order valence-electron chi connectivity index (χ0n) is 22.7. The molecular formula is C29H32N4O7S2. The number of piperidine rings is 1. The summed E-state index contributed by atoms with van der Waals surface area (Å²) < 4.78 is 56.4. The molecule has 0 saturated carbocycles. The molecule has 0 radical (unpaired) electrons. The van der Waals surface area contributed by atoms with E-state index in [1.54, 1.807) is 12.1 Å². The molecule has 3 N–H and O–H groups in total. The van der Waals surface area contributed by atoms with Crippen molar-refractivity contribution in [1.82, 2.24) is 14.5 Å². The van der Waals surface area contributed by atoms with Gasteiger partial charge in [-0.25, -0.2) is 26.6 Å². The first-order valence-corrected chi connectivity index (χ1v) is 16.6. The summed E-state index contributed by atoms with van der Waals surface area (Å²) in [5.74, 6) is -1.11. The lowest BCUT2D eigenvalue weighted by Gasteiger charge is -2.34. The minimum absolute atomic E-state index is 0.00685. The number of amides is 2. The average Bonchev–Trinajstić information content (AvgIpc) is 3.21. The summed E-state index contributed by atoms with van der Waals surface area (Å²) in [6, 6.07) is 22.3. The second-order valence-electron chi connectivity index (χ2n) is 10.3. The lowest BCUT2D eigenvalue weighted by molar-refractivity contribution is -0.129. The molecule has 13 heteroatoms. The first-order valence-electron chi connectivity index (χ1n) is 13.6. The van der Waals surface area contributed by atoms with Crippen molar-refractivity contribution in [1.29, 1.82) is 0 Å². The number of hydrogen-bond acceptors (Lipinski definition) is 8. The number of fused-ring (bicyclic) bond motifs is 1. The van der Waals surface area contributed by atoms with E-state index in [4.69, 9.17) is 5.21 Å². The first kappa shape index (κ1) is 29.7. The molecule has 1 unspecified atom stereocenters. The van der Waals surface area contributed by atoms with Gasteiger partial charge in [0.25, 0.3) is 15.9 Å². The predicted molar refractivity (Wildman–Crippen MR) is 155 cm³/mol. The van der Waals surface area contributed by atoms with Crippen LogP contribution in [0.15, 0.2) is 88.7 Å². The molecule has 5 rings (SSSR count). The Morgan fingerprint density at radius 2 is 1.60 bits per heavy atom. The fourth-order valence-corrected chi connectivity index (χ4v) is 8.51. The molecule has 3 aromatic rings. The summed E-state index contributed by atoms with van der Waals surface area (Å²) in [7, 11) is -8.63. The smallest absolute Gasteiger partial charge is 0.270 e. The van der Waals surface area contributed by atoms with E-state index in [0.29, 0.717) is 10.2 Å². The highest BCUT2D eigenvalue weighted by atomic mass is 32.2. The maximum atomic E-state index is 13.5. The van der Waals surface area contributed by atoms with Gasteiger partial charge in [0.15, 0.2) is 0 Å². The van der Waals surface area contributed by atoms with E-state index >= 15 is 0 Å². The van der Waals surface area contributed by atoms with Crippen molar-refractivity contribution in [2.24, 2.45) is 0 Å². The van der Waals surface area contributed by atoms with E-state index in [1.807, 2.05) is 18.2 Å². The van der Waals surface area contributed by atoms with Crippen LogP contribution in [-0.2, 0) is 24.8 Å². The Morgan fingerprint density at radius 1 is 0.952 bits per heavy atom. The molecule has 42 heavy (non-hydrogen) atoms. The number of benzene rings is 3. The number of carbonyl (C=O) groups is 2. The summed E-state index contributed by atoms with van der Waals surface area (Å²) >= 11 is 0. The number of carbonyl (C=O) groups excluding carboxylic acids is 2. The minimum Gasteiger partial charge on any atom is -0.371 e. The van der Waals surface area contributed by atoms with Crippen molar-refractivity contribution in [3.05, 3.63) is 90.0 Å².